The number of nitrogens with one attached hydrogen (secondary N) is 1. The first-order chi connectivity index (χ1) is 8.11. The molecule has 17 heavy (non-hydrogen) atoms. The summed E-state index contributed by atoms with van der Waals surface area (Å²) < 4.78 is 0. The molecule has 1 aliphatic carbocycles. The minimum absolute atomic E-state index is 0.419. The van der Waals surface area contributed by atoms with Crippen LogP contribution in [0.2, 0.25) is 0 Å². The predicted molar refractivity (Wildman–Crippen MR) is 74.3 cm³/mol. The summed E-state index contributed by atoms with van der Waals surface area (Å²) in [6.07, 6.45) is 4.07. The lowest BCUT2D eigenvalue weighted by Crippen LogP contribution is -2.49. The van der Waals surface area contributed by atoms with E-state index in [1.54, 1.807) is 0 Å². The number of hydrogen-bond acceptors (Lipinski definition) is 1. The Bertz CT molecular complexity index is 338. The molecule has 0 amide bonds. The molecule has 1 unspecified atom stereocenters. The third kappa shape index (κ3) is 3.10. The third-order valence-corrected chi connectivity index (χ3v) is 4.24. The highest BCUT2D eigenvalue weighted by Crippen LogP contribution is 2.32. The van der Waals surface area contributed by atoms with E-state index in [2.05, 4.69) is 56.4 Å². The molecule has 0 spiro atoms. The lowest BCUT2D eigenvalue weighted by Gasteiger charge is -2.41. The first kappa shape index (κ1) is 12.6. The SMILES string of the molecule is CC(C)C(CNC1(C)CCC1)c1ccccc1. The van der Waals surface area contributed by atoms with Crippen LogP contribution in [0, 0.1) is 5.92 Å². The average Bonchev–Trinajstić information content (AvgIpc) is 2.28. The van der Waals surface area contributed by atoms with E-state index < -0.39 is 0 Å². The summed E-state index contributed by atoms with van der Waals surface area (Å²) in [5.41, 5.74) is 1.89. The van der Waals surface area contributed by atoms with Gasteiger partial charge in [-0.3, -0.25) is 0 Å². The van der Waals surface area contributed by atoms with Crippen LogP contribution in [-0.4, -0.2) is 12.1 Å². The Balaban J connectivity index is 1.98. The Morgan fingerprint density at radius 1 is 1.18 bits per heavy atom. The van der Waals surface area contributed by atoms with Crippen LogP contribution in [0.15, 0.2) is 30.3 Å². The molecule has 1 aromatic rings. The molecule has 1 saturated carbocycles. The lowest BCUT2D eigenvalue weighted by molar-refractivity contribution is 0.200. The lowest BCUT2D eigenvalue weighted by atomic mass is 9.77. The van der Waals surface area contributed by atoms with Crippen molar-refractivity contribution in [1.29, 1.82) is 0 Å². The molecule has 0 aromatic heterocycles. The van der Waals surface area contributed by atoms with E-state index >= 15 is 0 Å². The van der Waals surface area contributed by atoms with Gasteiger partial charge in [-0.15, -0.1) is 0 Å². The molecule has 1 atom stereocenters. The van der Waals surface area contributed by atoms with Crippen LogP contribution in [0.3, 0.4) is 0 Å². The van der Waals surface area contributed by atoms with E-state index in [4.69, 9.17) is 0 Å². The maximum atomic E-state index is 3.78. The van der Waals surface area contributed by atoms with Crippen molar-refractivity contribution in [3.63, 3.8) is 0 Å². The van der Waals surface area contributed by atoms with Crippen LogP contribution in [0.5, 0.6) is 0 Å². The highest BCUT2D eigenvalue weighted by Gasteiger charge is 2.32. The Morgan fingerprint density at radius 2 is 1.82 bits per heavy atom. The summed E-state index contributed by atoms with van der Waals surface area (Å²) in [4.78, 5) is 0. The van der Waals surface area contributed by atoms with Gasteiger partial charge in [-0.05, 0) is 43.6 Å². The molecule has 1 N–H and O–H groups in total. The topological polar surface area (TPSA) is 12.0 Å². The van der Waals surface area contributed by atoms with Crippen molar-refractivity contribution in [2.45, 2.75) is 51.5 Å². The molecule has 0 saturated heterocycles. The Labute approximate surface area is 106 Å². The molecule has 1 heteroatoms. The molecule has 0 heterocycles. The number of rotatable bonds is 5. The van der Waals surface area contributed by atoms with Gasteiger partial charge < -0.3 is 5.32 Å². The summed E-state index contributed by atoms with van der Waals surface area (Å²) in [5, 5.41) is 3.78. The summed E-state index contributed by atoms with van der Waals surface area (Å²) in [6.45, 7) is 8.11. The normalized spacial score (nSPS) is 20.0. The summed E-state index contributed by atoms with van der Waals surface area (Å²) in [6, 6.07) is 10.9. The van der Waals surface area contributed by atoms with Gasteiger partial charge in [-0.2, -0.15) is 0 Å². The fraction of sp³-hybridized carbons (Fsp3) is 0.625. The van der Waals surface area contributed by atoms with Gasteiger partial charge in [0.05, 0.1) is 0 Å². The molecule has 2 rings (SSSR count). The first-order valence-corrected chi connectivity index (χ1v) is 6.91. The quantitative estimate of drug-likeness (QED) is 0.809. The summed E-state index contributed by atoms with van der Waals surface area (Å²) in [7, 11) is 0. The molecular weight excluding hydrogens is 206 g/mol. The average molecular weight is 231 g/mol. The van der Waals surface area contributed by atoms with Gasteiger partial charge >= 0.3 is 0 Å². The molecular formula is C16H25N. The molecule has 1 nitrogen and oxygen atoms in total. The van der Waals surface area contributed by atoms with Crippen molar-refractivity contribution < 1.29 is 0 Å². The minimum atomic E-state index is 0.419. The van der Waals surface area contributed by atoms with Gasteiger partial charge in [0.2, 0.25) is 0 Å². The van der Waals surface area contributed by atoms with Gasteiger partial charge in [0.15, 0.2) is 0 Å². The smallest absolute Gasteiger partial charge is 0.0153 e. The van der Waals surface area contributed by atoms with E-state index in [0.29, 0.717) is 17.4 Å². The van der Waals surface area contributed by atoms with Crippen molar-refractivity contribution in [3.8, 4) is 0 Å². The second-order valence-corrected chi connectivity index (χ2v) is 6.06. The third-order valence-electron chi connectivity index (χ3n) is 4.24. The highest BCUT2D eigenvalue weighted by atomic mass is 15.0. The van der Waals surface area contributed by atoms with Crippen molar-refractivity contribution in [2.75, 3.05) is 6.54 Å². The van der Waals surface area contributed by atoms with E-state index in [-0.39, 0.29) is 0 Å². The molecule has 0 radical (unpaired) electrons. The van der Waals surface area contributed by atoms with Gasteiger partial charge in [0.25, 0.3) is 0 Å². The summed E-state index contributed by atoms with van der Waals surface area (Å²) in [5.74, 6) is 1.32. The predicted octanol–water partition coefficient (Wildman–Crippen LogP) is 3.96. The van der Waals surface area contributed by atoms with Crippen LogP contribution >= 0.6 is 0 Å². The minimum Gasteiger partial charge on any atom is -0.311 e. The standard InChI is InChI=1S/C16H25N/c1-13(2)15(14-8-5-4-6-9-14)12-17-16(3)10-7-11-16/h4-6,8-9,13,15,17H,7,10-12H2,1-3H3. The zero-order chi connectivity index (χ0) is 12.3. The first-order valence-electron chi connectivity index (χ1n) is 6.91. The monoisotopic (exact) mass is 231 g/mol. The van der Waals surface area contributed by atoms with E-state index in [9.17, 15) is 0 Å². The fourth-order valence-electron chi connectivity index (χ4n) is 2.68. The van der Waals surface area contributed by atoms with Crippen LogP contribution in [-0.2, 0) is 0 Å². The maximum Gasteiger partial charge on any atom is 0.0153 e. The number of hydrogen-bond donors (Lipinski definition) is 1. The van der Waals surface area contributed by atoms with Crippen LogP contribution in [0.25, 0.3) is 0 Å². The summed E-state index contributed by atoms with van der Waals surface area (Å²) >= 11 is 0. The molecule has 1 aromatic carbocycles. The molecule has 1 aliphatic rings. The molecule has 0 aliphatic heterocycles. The van der Waals surface area contributed by atoms with E-state index in [1.807, 2.05) is 0 Å². The van der Waals surface area contributed by atoms with Gasteiger partial charge in [0.1, 0.15) is 0 Å². The fourth-order valence-corrected chi connectivity index (χ4v) is 2.68. The van der Waals surface area contributed by atoms with Gasteiger partial charge in [0, 0.05) is 12.1 Å². The van der Waals surface area contributed by atoms with Crippen molar-refractivity contribution >= 4 is 0 Å². The second-order valence-electron chi connectivity index (χ2n) is 6.06. The molecule has 1 fully saturated rings. The maximum absolute atomic E-state index is 3.78. The Hall–Kier alpha value is -0.820. The van der Waals surface area contributed by atoms with Gasteiger partial charge in [-0.25, -0.2) is 0 Å². The largest absolute Gasteiger partial charge is 0.311 e. The molecule has 94 valence electrons. The van der Waals surface area contributed by atoms with Crippen LogP contribution in [0.1, 0.15) is 51.5 Å². The Kier molecular flexibility index (Phi) is 3.88. The van der Waals surface area contributed by atoms with Crippen molar-refractivity contribution in [3.05, 3.63) is 35.9 Å². The van der Waals surface area contributed by atoms with Crippen LogP contribution in [0.4, 0.5) is 0 Å². The van der Waals surface area contributed by atoms with Gasteiger partial charge in [-0.1, -0.05) is 44.2 Å². The zero-order valence-electron chi connectivity index (χ0n) is 11.4. The zero-order valence-corrected chi connectivity index (χ0v) is 11.4. The van der Waals surface area contributed by atoms with Crippen molar-refractivity contribution in [2.24, 2.45) is 5.92 Å². The highest BCUT2D eigenvalue weighted by molar-refractivity contribution is 5.20. The number of benzene rings is 1. The molecule has 0 bridgehead atoms. The van der Waals surface area contributed by atoms with E-state index in [0.717, 1.165) is 6.54 Å². The Morgan fingerprint density at radius 3 is 2.29 bits per heavy atom. The van der Waals surface area contributed by atoms with E-state index in [1.165, 1.54) is 24.8 Å². The second kappa shape index (κ2) is 5.22. The van der Waals surface area contributed by atoms with Crippen molar-refractivity contribution in [1.82, 2.24) is 5.32 Å². The van der Waals surface area contributed by atoms with Crippen LogP contribution < -0.4 is 5.32 Å².